The molecule has 0 saturated heterocycles. The van der Waals surface area contributed by atoms with Crippen LogP contribution in [0.5, 0.6) is 0 Å². The van der Waals surface area contributed by atoms with Crippen LogP contribution < -0.4 is 0 Å². The van der Waals surface area contributed by atoms with Gasteiger partial charge in [0, 0.05) is 12.8 Å². The maximum absolute atomic E-state index is 11.9. The molecule has 0 spiro atoms. The van der Waals surface area contributed by atoms with Gasteiger partial charge in [0.1, 0.15) is 19.3 Å². The van der Waals surface area contributed by atoms with E-state index in [9.17, 15) is 24.9 Å². The standard InChI is InChI=1S/C42H70O7/c1-3-5-7-8-9-10-11-12-13-14-15-16-20-28-34-41(46)48-36-40(45)37-49-42(47)35-29-21-18-17-19-25-31-39(44)33-27-23-22-26-32-38(43)30-24-6-4-2/h6,18-19,21-27,32-33,38-40,43-45H,3-5,7-17,20,28-31,34-37H2,1-2H3/b21-18-,23-22-,24-6-,25-19-,32-26+,33-27+/t38-,39+,40+/m1/s1. The Balaban J connectivity index is 3.72. The Labute approximate surface area is 298 Å². The van der Waals surface area contributed by atoms with Crippen molar-refractivity contribution in [1.82, 2.24) is 0 Å². The molecule has 0 aromatic heterocycles. The quantitative estimate of drug-likeness (QED) is 0.0273. The number of carbonyl (C=O) groups excluding carboxylic acids is 2. The first-order valence-corrected chi connectivity index (χ1v) is 19.2. The van der Waals surface area contributed by atoms with E-state index in [4.69, 9.17) is 9.47 Å². The number of ether oxygens (including phenoxy) is 2. The lowest BCUT2D eigenvalue weighted by molar-refractivity contribution is -0.152. The molecule has 0 radical (unpaired) electrons. The second-order valence-electron chi connectivity index (χ2n) is 12.7. The molecule has 7 heteroatoms. The Hall–Kier alpha value is -2.74. The molecule has 0 aliphatic carbocycles. The molecular weight excluding hydrogens is 616 g/mol. The molecule has 49 heavy (non-hydrogen) atoms. The lowest BCUT2D eigenvalue weighted by Gasteiger charge is -2.12. The van der Waals surface area contributed by atoms with Gasteiger partial charge in [0.25, 0.3) is 0 Å². The van der Waals surface area contributed by atoms with Crippen LogP contribution in [0.15, 0.2) is 72.9 Å². The predicted molar refractivity (Wildman–Crippen MR) is 203 cm³/mol. The first-order valence-electron chi connectivity index (χ1n) is 19.2. The Morgan fingerprint density at radius 1 is 0.531 bits per heavy atom. The van der Waals surface area contributed by atoms with Gasteiger partial charge in [-0.3, -0.25) is 9.59 Å². The third-order valence-corrected chi connectivity index (χ3v) is 7.89. The maximum Gasteiger partial charge on any atom is 0.306 e. The number of aliphatic hydroxyl groups excluding tert-OH is 3. The van der Waals surface area contributed by atoms with Crippen LogP contribution in [0, 0.1) is 0 Å². The largest absolute Gasteiger partial charge is 0.463 e. The first kappa shape index (κ1) is 46.3. The fourth-order valence-electron chi connectivity index (χ4n) is 4.93. The number of unbranched alkanes of at least 4 members (excludes halogenated alkanes) is 13. The highest BCUT2D eigenvalue weighted by Crippen LogP contribution is 2.13. The minimum absolute atomic E-state index is 0.169. The number of rotatable bonds is 33. The van der Waals surface area contributed by atoms with E-state index in [0.717, 1.165) is 25.7 Å². The lowest BCUT2D eigenvalue weighted by Crippen LogP contribution is -2.25. The molecule has 0 fully saturated rings. The van der Waals surface area contributed by atoms with Crippen LogP contribution in [0.1, 0.15) is 149 Å². The molecule has 0 unspecified atom stereocenters. The fraction of sp³-hybridized carbons (Fsp3) is 0.667. The number of esters is 2. The van der Waals surface area contributed by atoms with E-state index in [1.54, 1.807) is 24.3 Å². The number of allylic oxidation sites excluding steroid dienone is 8. The van der Waals surface area contributed by atoms with Crippen molar-refractivity contribution in [2.45, 2.75) is 167 Å². The number of hydrogen-bond donors (Lipinski definition) is 3. The van der Waals surface area contributed by atoms with Crippen LogP contribution in [-0.2, 0) is 19.1 Å². The van der Waals surface area contributed by atoms with Gasteiger partial charge in [0.2, 0.25) is 0 Å². The molecule has 7 nitrogen and oxygen atoms in total. The third kappa shape index (κ3) is 36.4. The SMILES string of the molecule is CC/C=C\C[C@@H](O)/C=C/C=C\C=C\[C@@H](O)C/C=C\C/C=C\CCC(=O)OC[C@@H](O)COC(=O)CCCCCCCCCCCCCCCC. The van der Waals surface area contributed by atoms with E-state index in [0.29, 0.717) is 32.1 Å². The summed E-state index contributed by atoms with van der Waals surface area (Å²) in [5.74, 6) is -0.730. The van der Waals surface area contributed by atoms with E-state index in [1.807, 2.05) is 48.6 Å². The summed E-state index contributed by atoms with van der Waals surface area (Å²) in [7, 11) is 0. The Morgan fingerprint density at radius 3 is 1.49 bits per heavy atom. The van der Waals surface area contributed by atoms with Gasteiger partial charge in [-0.1, -0.05) is 170 Å². The molecule has 3 N–H and O–H groups in total. The number of aliphatic hydroxyl groups is 3. The van der Waals surface area contributed by atoms with E-state index < -0.39 is 24.3 Å². The zero-order chi connectivity index (χ0) is 36.0. The monoisotopic (exact) mass is 687 g/mol. The van der Waals surface area contributed by atoms with Crippen molar-refractivity contribution in [3.05, 3.63) is 72.9 Å². The van der Waals surface area contributed by atoms with Crippen molar-refractivity contribution < 1.29 is 34.4 Å². The van der Waals surface area contributed by atoms with Crippen LogP contribution in [0.2, 0.25) is 0 Å². The molecule has 0 rings (SSSR count). The Kier molecular flexibility index (Phi) is 34.5. The lowest BCUT2D eigenvalue weighted by atomic mass is 10.0. The number of hydrogen-bond acceptors (Lipinski definition) is 7. The molecule has 0 amide bonds. The molecule has 0 aliphatic heterocycles. The number of carbonyl (C=O) groups is 2. The van der Waals surface area contributed by atoms with Crippen molar-refractivity contribution in [3.63, 3.8) is 0 Å². The first-order chi connectivity index (χ1) is 23.9. The highest BCUT2D eigenvalue weighted by atomic mass is 16.6. The molecule has 0 aromatic carbocycles. The average molecular weight is 687 g/mol. The summed E-state index contributed by atoms with van der Waals surface area (Å²) in [4.78, 5) is 23.9. The van der Waals surface area contributed by atoms with Crippen LogP contribution >= 0.6 is 0 Å². The predicted octanol–water partition coefficient (Wildman–Crippen LogP) is 9.72. The van der Waals surface area contributed by atoms with Gasteiger partial charge >= 0.3 is 11.9 Å². The third-order valence-electron chi connectivity index (χ3n) is 7.89. The second kappa shape index (κ2) is 36.5. The summed E-state index contributed by atoms with van der Waals surface area (Å²) in [5, 5.41) is 29.8. The van der Waals surface area contributed by atoms with E-state index in [-0.39, 0.29) is 25.6 Å². The molecule has 0 bridgehead atoms. The molecule has 0 aliphatic rings. The van der Waals surface area contributed by atoms with Crippen molar-refractivity contribution in [3.8, 4) is 0 Å². The van der Waals surface area contributed by atoms with E-state index in [1.165, 1.54) is 70.6 Å². The van der Waals surface area contributed by atoms with Crippen molar-refractivity contribution in [2.24, 2.45) is 0 Å². The van der Waals surface area contributed by atoms with Crippen molar-refractivity contribution in [1.29, 1.82) is 0 Å². The zero-order valence-corrected chi connectivity index (χ0v) is 30.9. The minimum atomic E-state index is -1.03. The van der Waals surface area contributed by atoms with E-state index in [2.05, 4.69) is 13.8 Å². The topological polar surface area (TPSA) is 113 Å². The van der Waals surface area contributed by atoms with Gasteiger partial charge in [-0.25, -0.2) is 0 Å². The highest BCUT2D eigenvalue weighted by molar-refractivity contribution is 5.70. The average Bonchev–Trinajstić information content (AvgIpc) is 3.09. The summed E-state index contributed by atoms with van der Waals surface area (Å²) < 4.78 is 10.2. The Morgan fingerprint density at radius 2 is 0.980 bits per heavy atom. The van der Waals surface area contributed by atoms with Crippen LogP contribution in [0.4, 0.5) is 0 Å². The van der Waals surface area contributed by atoms with Crippen molar-refractivity contribution in [2.75, 3.05) is 13.2 Å². The second-order valence-corrected chi connectivity index (χ2v) is 12.7. The fourth-order valence-corrected chi connectivity index (χ4v) is 4.93. The normalized spacial score (nSPS) is 14.3. The molecule has 3 atom stereocenters. The summed E-state index contributed by atoms with van der Waals surface area (Å²) in [6.45, 7) is 3.95. The van der Waals surface area contributed by atoms with Gasteiger partial charge in [0.05, 0.1) is 12.2 Å². The van der Waals surface area contributed by atoms with Crippen LogP contribution in [0.25, 0.3) is 0 Å². The van der Waals surface area contributed by atoms with E-state index >= 15 is 0 Å². The van der Waals surface area contributed by atoms with Gasteiger partial charge in [-0.05, 0) is 38.5 Å². The Bertz CT molecular complexity index is 947. The van der Waals surface area contributed by atoms with Crippen molar-refractivity contribution >= 4 is 11.9 Å². The summed E-state index contributed by atoms with van der Waals surface area (Å²) in [6, 6.07) is 0. The smallest absolute Gasteiger partial charge is 0.306 e. The maximum atomic E-state index is 11.9. The minimum Gasteiger partial charge on any atom is -0.463 e. The molecule has 0 saturated carbocycles. The summed E-state index contributed by atoms with van der Waals surface area (Å²) >= 11 is 0. The van der Waals surface area contributed by atoms with Gasteiger partial charge in [-0.2, -0.15) is 0 Å². The zero-order valence-electron chi connectivity index (χ0n) is 30.9. The van der Waals surface area contributed by atoms with Gasteiger partial charge < -0.3 is 24.8 Å². The van der Waals surface area contributed by atoms with Crippen LogP contribution in [-0.4, -0.2) is 58.8 Å². The molecular formula is C42H70O7. The summed E-state index contributed by atoms with van der Waals surface area (Å²) in [5.41, 5.74) is 0. The van der Waals surface area contributed by atoms with Crippen LogP contribution in [0.3, 0.4) is 0 Å². The molecule has 280 valence electrons. The highest BCUT2D eigenvalue weighted by Gasteiger charge is 2.11. The van der Waals surface area contributed by atoms with Gasteiger partial charge in [-0.15, -0.1) is 0 Å². The molecule has 0 aromatic rings. The molecule has 0 heterocycles. The van der Waals surface area contributed by atoms with Gasteiger partial charge in [0.15, 0.2) is 0 Å². The summed E-state index contributed by atoms with van der Waals surface area (Å²) in [6.07, 6.45) is 41.7.